The van der Waals surface area contributed by atoms with Crippen molar-refractivity contribution in [3.05, 3.63) is 28.8 Å². The van der Waals surface area contributed by atoms with Crippen molar-refractivity contribution in [3.8, 4) is 5.75 Å². The number of rotatable bonds is 0. The predicted octanol–water partition coefficient (Wildman–Crippen LogP) is 2.68. The Kier molecular flexibility index (Phi) is 2.30. The highest BCUT2D eigenvalue weighted by molar-refractivity contribution is 9.10. The summed E-state index contributed by atoms with van der Waals surface area (Å²) in [6, 6.07) is 5.06. The van der Waals surface area contributed by atoms with Crippen LogP contribution >= 0.6 is 27.5 Å². The number of halogens is 2. The van der Waals surface area contributed by atoms with Crippen LogP contribution in [0.3, 0.4) is 0 Å². The Hall–Kier alpha value is -0.540. The fraction of sp³-hybridized carbons (Fsp3) is 0.222. The fourth-order valence-electron chi connectivity index (χ4n) is 1.23. The third-order valence-electron chi connectivity index (χ3n) is 1.88. The minimum atomic E-state index is -0.251. The molecule has 2 rings (SSSR count). The van der Waals surface area contributed by atoms with Crippen LogP contribution in [0.1, 0.15) is 10.4 Å². The lowest BCUT2D eigenvalue weighted by Crippen LogP contribution is -2.27. The fourth-order valence-corrected chi connectivity index (χ4v) is 1.78. The van der Waals surface area contributed by atoms with Crippen LogP contribution in [0.2, 0.25) is 5.02 Å². The molecule has 0 unspecified atom stereocenters. The molecule has 1 atom stereocenters. The maximum Gasteiger partial charge on any atom is 0.183 e. The molecule has 0 saturated heterocycles. The SMILES string of the molecule is O=C1c2cc(Cl)ccc2OC[C@@H]1Br. The molecule has 2 nitrogen and oxygen atoms in total. The Morgan fingerprint density at radius 2 is 2.31 bits per heavy atom. The molecule has 1 aromatic carbocycles. The van der Waals surface area contributed by atoms with Crippen LogP contribution in [-0.2, 0) is 0 Å². The highest BCUT2D eigenvalue weighted by Crippen LogP contribution is 2.29. The quantitative estimate of drug-likeness (QED) is 0.671. The molecule has 0 radical (unpaired) electrons. The summed E-state index contributed by atoms with van der Waals surface area (Å²) in [5.41, 5.74) is 0.556. The van der Waals surface area contributed by atoms with Gasteiger partial charge in [-0.25, -0.2) is 0 Å². The van der Waals surface area contributed by atoms with E-state index in [9.17, 15) is 4.79 Å². The van der Waals surface area contributed by atoms with Crippen molar-refractivity contribution in [1.82, 2.24) is 0 Å². The smallest absolute Gasteiger partial charge is 0.183 e. The van der Waals surface area contributed by atoms with Crippen molar-refractivity contribution >= 4 is 33.3 Å². The third kappa shape index (κ3) is 1.58. The number of alkyl halides is 1. The molecule has 0 N–H and O–H groups in total. The minimum Gasteiger partial charge on any atom is -0.491 e. The monoisotopic (exact) mass is 260 g/mol. The number of hydrogen-bond donors (Lipinski definition) is 0. The molecule has 0 aromatic heterocycles. The highest BCUT2D eigenvalue weighted by atomic mass is 79.9. The molecule has 1 aromatic rings. The van der Waals surface area contributed by atoms with Crippen LogP contribution < -0.4 is 4.74 Å². The molecule has 0 amide bonds. The zero-order valence-corrected chi connectivity index (χ0v) is 8.93. The van der Waals surface area contributed by atoms with Gasteiger partial charge in [-0.15, -0.1) is 0 Å². The molecule has 4 heteroatoms. The summed E-state index contributed by atoms with van der Waals surface area (Å²) in [7, 11) is 0. The Bertz CT molecular complexity index is 365. The Morgan fingerprint density at radius 3 is 3.08 bits per heavy atom. The van der Waals surface area contributed by atoms with Crippen molar-refractivity contribution in [2.45, 2.75) is 4.83 Å². The molecule has 0 fully saturated rings. The predicted molar refractivity (Wildman–Crippen MR) is 54.0 cm³/mol. The third-order valence-corrected chi connectivity index (χ3v) is 2.79. The van der Waals surface area contributed by atoms with E-state index in [0.717, 1.165) is 0 Å². The van der Waals surface area contributed by atoms with Crippen molar-refractivity contribution in [2.24, 2.45) is 0 Å². The number of ketones is 1. The number of benzene rings is 1. The first-order chi connectivity index (χ1) is 6.18. The van der Waals surface area contributed by atoms with E-state index in [4.69, 9.17) is 16.3 Å². The van der Waals surface area contributed by atoms with E-state index in [1.165, 1.54) is 0 Å². The van der Waals surface area contributed by atoms with Crippen molar-refractivity contribution in [1.29, 1.82) is 0 Å². The summed E-state index contributed by atoms with van der Waals surface area (Å²) in [5, 5.41) is 0.553. The van der Waals surface area contributed by atoms with E-state index in [2.05, 4.69) is 15.9 Å². The van der Waals surface area contributed by atoms with Gasteiger partial charge in [0.1, 0.15) is 17.2 Å². The topological polar surface area (TPSA) is 26.3 Å². The number of ether oxygens (including phenoxy) is 1. The van der Waals surface area contributed by atoms with Gasteiger partial charge in [0, 0.05) is 5.02 Å². The zero-order valence-electron chi connectivity index (χ0n) is 6.59. The van der Waals surface area contributed by atoms with Gasteiger partial charge in [-0.1, -0.05) is 27.5 Å². The molecule has 0 saturated carbocycles. The highest BCUT2D eigenvalue weighted by Gasteiger charge is 2.26. The van der Waals surface area contributed by atoms with Crippen LogP contribution in [0.4, 0.5) is 0 Å². The van der Waals surface area contributed by atoms with Crippen LogP contribution in [0.15, 0.2) is 18.2 Å². The number of carbonyl (C=O) groups is 1. The second-order valence-corrected chi connectivity index (χ2v) is 4.33. The van der Waals surface area contributed by atoms with Gasteiger partial charge in [0.25, 0.3) is 0 Å². The number of Topliss-reactive ketones (excluding diaryl/α,β-unsaturated/α-hetero) is 1. The van der Waals surface area contributed by atoms with Gasteiger partial charge in [-0.2, -0.15) is 0 Å². The number of fused-ring (bicyclic) bond motifs is 1. The molecule has 0 aliphatic carbocycles. The van der Waals surface area contributed by atoms with E-state index in [1.54, 1.807) is 18.2 Å². The summed E-state index contributed by atoms with van der Waals surface area (Å²) < 4.78 is 5.33. The average Bonchev–Trinajstić information content (AvgIpc) is 2.12. The molecule has 1 heterocycles. The summed E-state index contributed by atoms with van der Waals surface area (Å²) in [6.45, 7) is 0.382. The molecular formula is C9H6BrClO2. The number of carbonyl (C=O) groups excluding carboxylic acids is 1. The van der Waals surface area contributed by atoms with Crippen LogP contribution in [0.25, 0.3) is 0 Å². The maximum absolute atomic E-state index is 11.6. The largest absolute Gasteiger partial charge is 0.491 e. The number of hydrogen-bond acceptors (Lipinski definition) is 2. The van der Waals surface area contributed by atoms with Crippen LogP contribution in [0.5, 0.6) is 5.75 Å². The van der Waals surface area contributed by atoms with Crippen LogP contribution in [0, 0.1) is 0 Å². The Balaban J connectivity index is 2.51. The minimum absolute atomic E-state index is 0.0313. The summed E-state index contributed by atoms with van der Waals surface area (Å²) in [6.07, 6.45) is 0. The average molecular weight is 262 g/mol. The standard InChI is InChI=1S/C9H6BrClO2/c10-7-4-13-8-2-1-5(11)3-6(8)9(7)12/h1-3,7H,4H2/t7-/m0/s1. The molecule has 1 aliphatic heterocycles. The zero-order chi connectivity index (χ0) is 9.42. The van der Waals surface area contributed by atoms with Crippen LogP contribution in [-0.4, -0.2) is 17.2 Å². The van der Waals surface area contributed by atoms with E-state index in [1.807, 2.05) is 0 Å². The van der Waals surface area contributed by atoms with E-state index >= 15 is 0 Å². The molecule has 0 spiro atoms. The molecule has 13 heavy (non-hydrogen) atoms. The van der Waals surface area contributed by atoms with Gasteiger partial charge in [0.2, 0.25) is 0 Å². The molecule has 68 valence electrons. The Labute approximate surface area is 89.0 Å². The molecule has 1 aliphatic rings. The van der Waals surface area contributed by atoms with Gasteiger partial charge in [0.05, 0.1) is 5.56 Å². The molecule has 0 bridgehead atoms. The summed E-state index contributed by atoms with van der Waals surface area (Å²) >= 11 is 9.00. The first kappa shape index (κ1) is 9.03. The van der Waals surface area contributed by atoms with Gasteiger partial charge in [-0.3, -0.25) is 4.79 Å². The van der Waals surface area contributed by atoms with Crippen molar-refractivity contribution < 1.29 is 9.53 Å². The maximum atomic E-state index is 11.6. The van der Waals surface area contributed by atoms with E-state index < -0.39 is 0 Å². The van der Waals surface area contributed by atoms with Gasteiger partial charge < -0.3 is 4.74 Å². The van der Waals surface area contributed by atoms with Gasteiger partial charge in [-0.05, 0) is 18.2 Å². The second-order valence-electron chi connectivity index (χ2n) is 2.78. The van der Waals surface area contributed by atoms with E-state index in [0.29, 0.717) is 22.9 Å². The first-order valence-corrected chi connectivity index (χ1v) is 5.08. The lowest BCUT2D eigenvalue weighted by Gasteiger charge is -2.19. The lowest BCUT2D eigenvalue weighted by atomic mass is 10.1. The van der Waals surface area contributed by atoms with Crippen molar-refractivity contribution in [3.63, 3.8) is 0 Å². The van der Waals surface area contributed by atoms with Gasteiger partial charge >= 0.3 is 0 Å². The molecular weight excluding hydrogens is 255 g/mol. The Morgan fingerprint density at radius 1 is 1.54 bits per heavy atom. The van der Waals surface area contributed by atoms with Crippen molar-refractivity contribution in [2.75, 3.05) is 6.61 Å². The second kappa shape index (κ2) is 3.31. The summed E-state index contributed by atoms with van der Waals surface area (Å²) in [4.78, 5) is 11.3. The lowest BCUT2D eigenvalue weighted by molar-refractivity contribution is 0.0946. The first-order valence-electron chi connectivity index (χ1n) is 3.79. The normalized spacial score (nSPS) is 20.8. The summed E-state index contributed by atoms with van der Waals surface area (Å²) in [5.74, 6) is 0.647. The van der Waals surface area contributed by atoms with E-state index in [-0.39, 0.29) is 10.6 Å². The van der Waals surface area contributed by atoms with Gasteiger partial charge in [0.15, 0.2) is 5.78 Å².